The number of nitriles is 1. The molecular formula is C11H9FN2O. The maximum absolute atomic E-state index is 12.9. The highest BCUT2D eigenvalue weighted by molar-refractivity contribution is 5.96. The maximum atomic E-state index is 12.9. The van der Waals surface area contributed by atoms with Crippen LogP contribution in [0.2, 0.25) is 0 Å². The summed E-state index contributed by atoms with van der Waals surface area (Å²) in [5, 5.41) is 8.83. The van der Waals surface area contributed by atoms with E-state index in [4.69, 9.17) is 5.26 Å². The van der Waals surface area contributed by atoms with Gasteiger partial charge in [0, 0.05) is 13.0 Å². The number of halogens is 1. The molecule has 1 aromatic carbocycles. The van der Waals surface area contributed by atoms with Gasteiger partial charge in [0.2, 0.25) is 5.91 Å². The van der Waals surface area contributed by atoms with Crippen molar-refractivity contribution >= 4 is 11.6 Å². The topological polar surface area (TPSA) is 44.1 Å². The first-order chi connectivity index (χ1) is 7.22. The van der Waals surface area contributed by atoms with Crippen LogP contribution < -0.4 is 4.90 Å². The number of rotatable bonds is 1. The molecule has 0 unspecified atom stereocenters. The second-order valence-electron chi connectivity index (χ2n) is 3.42. The lowest BCUT2D eigenvalue weighted by Crippen LogP contribution is -2.24. The van der Waals surface area contributed by atoms with E-state index in [0.717, 1.165) is 12.5 Å². The third-order valence-electron chi connectivity index (χ3n) is 2.44. The molecule has 0 N–H and O–H groups in total. The number of benzene rings is 1. The third kappa shape index (κ3) is 1.68. The van der Waals surface area contributed by atoms with Gasteiger partial charge in [0.1, 0.15) is 11.9 Å². The summed E-state index contributed by atoms with van der Waals surface area (Å²) in [6, 6.07) is 5.80. The van der Waals surface area contributed by atoms with Gasteiger partial charge in [0.15, 0.2) is 0 Å². The summed E-state index contributed by atoms with van der Waals surface area (Å²) in [6.45, 7) is 0.610. The van der Waals surface area contributed by atoms with E-state index in [0.29, 0.717) is 18.7 Å². The van der Waals surface area contributed by atoms with Crippen molar-refractivity contribution in [2.75, 3.05) is 11.4 Å². The van der Waals surface area contributed by atoms with Crippen LogP contribution in [0, 0.1) is 17.1 Å². The number of anilines is 1. The Morgan fingerprint density at radius 2 is 2.27 bits per heavy atom. The molecule has 0 atom stereocenters. The van der Waals surface area contributed by atoms with Crippen molar-refractivity contribution in [3.63, 3.8) is 0 Å². The Morgan fingerprint density at radius 1 is 1.47 bits per heavy atom. The van der Waals surface area contributed by atoms with E-state index >= 15 is 0 Å². The lowest BCUT2D eigenvalue weighted by Gasteiger charge is -2.16. The SMILES string of the molecule is N#Cc1cc(F)ccc1N1CCCC1=O. The van der Waals surface area contributed by atoms with Gasteiger partial charge in [-0.1, -0.05) is 0 Å². The van der Waals surface area contributed by atoms with Crippen LogP contribution in [0.15, 0.2) is 18.2 Å². The molecule has 15 heavy (non-hydrogen) atoms. The standard InChI is InChI=1S/C11H9FN2O/c12-9-3-4-10(8(6-9)7-13)14-5-1-2-11(14)15/h3-4,6H,1-2,5H2. The lowest BCUT2D eigenvalue weighted by molar-refractivity contribution is -0.117. The number of hydrogen-bond acceptors (Lipinski definition) is 2. The second kappa shape index (κ2) is 3.70. The lowest BCUT2D eigenvalue weighted by atomic mass is 10.1. The first kappa shape index (κ1) is 9.66. The number of amides is 1. The first-order valence-electron chi connectivity index (χ1n) is 4.72. The molecule has 0 spiro atoms. The van der Waals surface area contributed by atoms with Gasteiger partial charge in [0.05, 0.1) is 11.3 Å². The predicted molar refractivity (Wildman–Crippen MR) is 52.7 cm³/mol. The smallest absolute Gasteiger partial charge is 0.227 e. The van der Waals surface area contributed by atoms with Crippen LogP contribution in [0.5, 0.6) is 0 Å². The second-order valence-corrected chi connectivity index (χ2v) is 3.42. The molecule has 1 aliphatic heterocycles. The van der Waals surface area contributed by atoms with Crippen molar-refractivity contribution in [1.29, 1.82) is 5.26 Å². The van der Waals surface area contributed by atoms with Crippen LogP contribution in [0.25, 0.3) is 0 Å². The minimum atomic E-state index is -0.457. The number of nitrogens with zero attached hydrogens (tertiary/aromatic N) is 2. The molecule has 0 aromatic heterocycles. The fraction of sp³-hybridized carbons (Fsp3) is 0.273. The highest BCUT2D eigenvalue weighted by atomic mass is 19.1. The highest BCUT2D eigenvalue weighted by Crippen LogP contribution is 2.25. The molecule has 0 aliphatic carbocycles. The number of carbonyl (C=O) groups is 1. The van der Waals surface area contributed by atoms with Gasteiger partial charge < -0.3 is 4.90 Å². The Kier molecular flexibility index (Phi) is 2.38. The van der Waals surface area contributed by atoms with Crippen LogP contribution in [0.3, 0.4) is 0 Å². The van der Waals surface area contributed by atoms with E-state index in [9.17, 15) is 9.18 Å². The Balaban J connectivity index is 2.44. The summed E-state index contributed by atoms with van der Waals surface area (Å²) in [4.78, 5) is 13.0. The van der Waals surface area contributed by atoms with Gasteiger partial charge in [-0.2, -0.15) is 5.26 Å². The average Bonchev–Trinajstić information content (AvgIpc) is 2.64. The zero-order valence-corrected chi connectivity index (χ0v) is 8.03. The minimum Gasteiger partial charge on any atom is -0.311 e. The normalized spacial score (nSPS) is 15.5. The molecule has 1 saturated heterocycles. The van der Waals surface area contributed by atoms with Crippen molar-refractivity contribution in [2.45, 2.75) is 12.8 Å². The van der Waals surface area contributed by atoms with Gasteiger partial charge in [0.25, 0.3) is 0 Å². The van der Waals surface area contributed by atoms with Crippen molar-refractivity contribution < 1.29 is 9.18 Å². The summed E-state index contributed by atoms with van der Waals surface area (Å²) in [6.07, 6.45) is 1.29. The van der Waals surface area contributed by atoms with Gasteiger partial charge in [-0.05, 0) is 24.6 Å². The third-order valence-corrected chi connectivity index (χ3v) is 2.44. The van der Waals surface area contributed by atoms with Crippen molar-refractivity contribution in [3.05, 3.63) is 29.6 Å². The fourth-order valence-corrected chi connectivity index (χ4v) is 1.74. The quantitative estimate of drug-likeness (QED) is 0.700. The highest BCUT2D eigenvalue weighted by Gasteiger charge is 2.23. The first-order valence-corrected chi connectivity index (χ1v) is 4.72. The molecule has 76 valence electrons. The van der Waals surface area contributed by atoms with Gasteiger partial charge in [-0.25, -0.2) is 4.39 Å². The Bertz CT molecular complexity index is 450. The summed E-state index contributed by atoms with van der Waals surface area (Å²) < 4.78 is 12.9. The molecule has 0 saturated carbocycles. The van der Waals surface area contributed by atoms with Crippen molar-refractivity contribution in [2.24, 2.45) is 0 Å². The van der Waals surface area contributed by atoms with Crippen molar-refractivity contribution in [1.82, 2.24) is 0 Å². The molecular weight excluding hydrogens is 195 g/mol. The van der Waals surface area contributed by atoms with E-state index in [1.807, 2.05) is 6.07 Å². The molecule has 1 fully saturated rings. The van der Waals surface area contributed by atoms with E-state index < -0.39 is 5.82 Å². The molecule has 1 amide bonds. The summed E-state index contributed by atoms with van der Waals surface area (Å²) in [7, 11) is 0. The minimum absolute atomic E-state index is 0.00175. The summed E-state index contributed by atoms with van der Waals surface area (Å²) >= 11 is 0. The largest absolute Gasteiger partial charge is 0.311 e. The van der Waals surface area contributed by atoms with Crippen LogP contribution in [0.1, 0.15) is 18.4 Å². The number of carbonyl (C=O) groups excluding carboxylic acids is 1. The maximum Gasteiger partial charge on any atom is 0.227 e. The monoisotopic (exact) mass is 204 g/mol. The van der Waals surface area contributed by atoms with E-state index in [-0.39, 0.29) is 11.5 Å². The van der Waals surface area contributed by atoms with E-state index in [1.165, 1.54) is 17.0 Å². The molecule has 3 nitrogen and oxygen atoms in total. The molecule has 0 radical (unpaired) electrons. The van der Waals surface area contributed by atoms with Crippen LogP contribution in [-0.2, 0) is 4.79 Å². The molecule has 1 aromatic rings. The van der Waals surface area contributed by atoms with Crippen LogP contribution in [-0.4, -0.2) is 12.5 Å². The zero-order chi connectivity index (χ0) is 10.8. The Hall–Kier alpha value is -1.89. The Labute approximate surface area is 86.7 Å². The number of hydrogen-bond donors (Lipinski definition) is 0. The van der Waals surface area contributed by atoms with E-state index in [2.05, 4.69) is 0 Å². The summed E-state index contributed by atoms with van der Waals surface area (Å²) in [5.74, 6) is -0.458. The molecule has 4 heteroatoms. The Morgan fingerprint density at radius 3 is 2.87 bits per heavy atom. The predicted octanol–water partition coefficient (Wildman–Crippen LogP) is 1.82. The van der Waals surface area contributed by atoms with E-state index in [1.54, 1.807) is 0 Å². The van der Waals surface area contributed by atoms with Gasteiger partial charge >= 0.3 is 0 Å². The molecule has 0 bridgehead atoms. The van der Waals surface area contributed by atoms with Gasteiger partial charge in [-0.15, -0.1) is 0 Å². The molecule has 2 rings (SSSR count). The molecule has 1 aliphatic rings. The van der Waals surface area contributed by atoms with Crippen molar-refractivity contribution in [3.8, 4) is 6.07 Å². The zero-order valence-electron chi connectivity index (χ0n) is 8.03. The summed E-state index contributed by atoms with van der Waals surface area (Å²) in [5.41, 5.74) is 0.728. The van der Waals surface area contributed by atoms with Crippen LogP contribution >= 0.6 is 0 Å². The van der Waals surface area contributed by atoms with Crippen LogP contribution in [0.4, 0.5) is 10.1 Å². The molecule has 1 heterocycles. The van der Waals surface area contributed by atoms with Gasteiger partial charge in [-0.3, -0.25) is 4.79 Å². The fourth-order valence-electron chi connectivity index (χ4n) is 1.74. The average molecular weight is 204 g/mol.